The minimum Gasteiger partial charge on any atom is -0.392 e. The summed E-state index contributed by atoms with van der Waals surface area (Å²) in [6.07, 6.45) is 0.943. The molecule has 3 aromatic carbocycles. The summed E-state index contributed by atoms with van der Waals surface area (Å²) >= 11 is 12.4. The Hall–Kier alpha value is -3.53. The van der Waals surface area contributed by atoms with E-state index in [9.17, 15) is 14.7 Å². The minimum absolute atomic E-state index is 0.0346. The van der Waals surface area contributed by atoms with Gasteiger partial charge in [-0.3, -0.25) is 14.5 Å². The molecule has 10 heteroatoms. The molecule has 204 valence electrons. The Balaban J connectivity index is 1.21. The zero-order chi connectivity index (χ0) is 27.8. The number of aliphatic hydroxyl groups is 1. The fraction of sp³-hybridized carbons (Fsp3) is 0.233. The van der Waals surface area contributed by atoms with Crippen molar-refractivity contribution >= 4 is 35.0 Å². The first kappa shape index (κ1) is 26.7. The molecular weight excluding hydrogens is 553 g/mol. The number of benzene rings is 3. The van der Waals surface area contributed by atoms with Crippen LogP contribution in [-0.4, -0.2) is 37.5 Å². The molecular formula is C30H25Cl2N3O5. The molecule has 0 bridgehead atoms. The Morgan fingerprint density at radius 2 is 1.48 bits per heavy atom. The van der Waals surface area contributed by atoms with Crippen molar-refractivity contribution in [2.24, 2.45) is 0 Å². The van der Waals surface area contributed by atoms with Crippen LogP contribution in [0.5, 0.6) is 0 Å². The number of amides is 2. The number of carbonyl (C=O) groups is 2. The number of halogens is 2. The van der Waals surface area contributed by atoms with Crippen LogP contribution in [0.2, 0.25) is 10.3 Å². The van der Waals surface area contributed by atoms with Gasteiger partial charge in [0.25, 0.3) is 11.8 Å². The van der Waals surface area contributed by atoms with E-state index >= 15 is 0 Å². The lowest BCUT2D eigenvalue weighted by molar-refractivity contribution is -0.252. The molecule has 0 spiro atoms. The van der Waals surface area contributed by atoms with E-state index in [2.05, 4.69) is 4.98 Å². The van der Waals surface area contributed by atoms with Gasteiger partial charge in [0.15, 0.2) is 11.4 Å². The number of nitrogens with zero attached hydrogens (tertiary/aromatic N) is 3. The Morgan fingerprint density at radius 3 is 2.08 bits per heavy atom. The summed E-state index contributed by atoms with van der Waals surface area (Å²) in [5, 5.41) is 10.0. The van der Waals surface area contributed by atoms with Gasteiger partial charge in [-0.25, -0.2) is 4.98 Å². The first-order valence-corrected chi connectivity index (χ1v) is 13.6. The van der Waals surface area contributed by atoms with Gasteiger partial charge in [-0.15, -0.1) is 0 Å². The van der Waals surface area contributed by atoms with Crippen molar-refractivity contribution in [3.63, 3.8) is 0 Å². The van der Waals surface area contributed by atoms with E-state index in [0.717, 1.165) is 22.3 Å². The van der Waals surface area contributed by atoms with Crippen molar-refractivity contribution in [3.8, 4) is 0 Å². The molecule has 1 aromatic heterocycles. The largest absolute Gasteiger partial charge is 0.392 e. The Bertz CT molecular complexity index is 1520. The van der Waals surface area contributed by atoms with Crippen molar-refractivity contribution < 1.29 is 24.2 Å². The number of imidazole rings is 1. The van der Waals surface area contributed by atoms with Crippen LogP contribution in [-0.2, 0) is 29.2 Å². The number of hydrogen-bond acceptors (Lipinski definition) is 6. The Morgan fingerprint density at radius 1 is 0.850 bits per heavy atom. The molecule has 4 aromatic rings. The summed E-state index contributed by atoms with van der Waals surface area (Å²) < 4.78 is 14.5. The van der Waals surface area contributed by atoms with E-state index in [1.807, 2.05) is 48.5 Å². The van der Waals surface area contributed by atoms with Crippen LogP contribution in [0.25, 0.3) is 0 Å². The summed E-state index contributed by atoms with van der Waals surface area (Å²) in [5.41, 5.74) is 4.24. The maximum atomic E-state index is 12.8. The quantitative estimate of drug-likeness (QED) is 0.282. The maximum Gasteiger partial charge on any atom is 0.261 e. The fourth-order valence-corrected chi connectivity index (χ4v) is 5.38. The van der Waals surface area contributed by atoms with E-state index in [1.165, 1.54) is 4.90 Å². The van der Waals surface area contributed by atoms with Gasteiger partial charge >= 0.3 is 0 Å². The molecule has 2 aliphatic rings. The first-order valence-electron chi connectivity index (χ1n) is 12.8. The van der Waals surface area contributed by atoms with Crippen LogP contribution in [0, 0.1) is 0 Å². The predicted molar refractivity (Wildman–Crippen MR) is 148 cm³/mol. The third kappa shape index (κ3) is 5.16. The summed E-state index contributed by atoms with van der Waals surface area (Å²) in [4.78, 5) is 30.9. The molecule has 0 aliphatic carbocycles. The Labute approximate surface area is 240 Å². The fourth-order valence-electron chi connectivity index (χ4n) is 5.07. The monoisotopic (exact) mass is 577 g/mol. The van der Waals surface area contributed by atoms with Gasteiger partial charge in [-0.1, -0.05) is 83.9 Å². The highest BCUT2D eigenvalue weighted by atomic mass is 35.5. The first-order chi connectivity index (χ1) is 19.4. The number of imide groups is 1. The second-order valence-electron chi connectivity index (χ2n) is 9.81. The molecule has 2 aliphatic heterocycles. The molecule has 8 nitrogen and oxygen atoms in total. The zero-order valence-electron chi connectivity index (χ0n) is 21.2. The number of rotatable bonds is 7. The van der Waals surface area contributed by atoms with E-state index in [0.29, 0.717) is 29.2 Å². The number of hydrogen-bond donors (Lipinski definition) is 1. The second kappa shape index (κ2) is 11.2. The molecule has 1 N–H and O–H groups in total. The number of carbonyl (C=O) groups excluding carboxylic acids is 2. The minimum atomic E-state index is -0.674. The Kier molecular flexibility index (Phi) is 7.44. The third-order valence-electron chi connectivity index (χ3n) is 7.22. The normalized spacial score (nSPS) is 20.7. The van der Waals surface area contributed by atoms with E-state index in [-0.39, 0.29) is 42.3 Å². The molecule has 0 unspecified atom stereocenters. The molecule has 3 atom stereocenters. The average Bonchev–Trinajstić information content (AvgIpc) is 3.43. The molecule has 0 saturated carbocycles. The third-order valence-corrected chi connectivity index (χ3v) is 7.99. The van der Waals surface area contributed by atoms with Crippen LogP contribution >= 0.6 is 23.2 Å². The van der Waals surface area contributed by atoms with Gasteiger partial charge in [0, 0.05) is 12.0 Å². The molecule has 1 fully saturated rings. The summed E-state index contributed by atoms with van der Waals surface area (Å²) in [6.45, 7) is 0.565. The van der Waals surface area contributed by atoms with Crippen molar-refractivity contribution in [3.05, 3.63) is 123 Å². The summed E-state index contributed by atoms with van der Waals surface area (Å²) in [6, 6.07) is 22.0. The highest BCUT2D eigenvalue weighted by Gasteiger charge is 2.36. The topological polar surface area (TPSA) is 93.9 Å². The highest BCUT2D eigenvalue weighted by molar-refractivity contribution is 6.40. The molecule has 1 saturated heterocycles. The molecule has 6 rings (SSSR count). The zero-order valence-corrected chi connectivity index (χ0v) is 22.8. The standard InChI is InChI=1S/C30H25Cl2N3O5/c31-26-27(32)34(17-33-26)15-22-13-25(20-9-7-19(16-36)8-10-20)40-30(39-22)21-11-5-18(6-12-21)14-35-28(37)23-3-1-2-4-24(23)29(35)38/h1-12,17,22,25,30,36H,13-16H2/t22-,25+,30+/m1/s1. The van der Waals surface area contributed by atoms with Crippen LogP contribution in [0.15, 0.2) is 79.1 Å². The van der Waals surface area contributed by atoms with Gasteiger partial charge in [0.1, 0.15) is 5.15 Å². The molecule has 0 radical (unpaired) electrons. The number of ether oxygens (including phenoxy) is 2. The lowest BCUT2D eigenvalue weighted by Crippen LogP contribution is -2.32. The summed E-state index contributed by atoms with van der Waals surface area (Å²) in [7, 11) is 0. The van der Waals surface area contributed by atoms with Crippen LogP contribution in [0.3, 0.4) is 0 Å². The van der Waals surface area contributed by atoms with Gasteiger partial charge < -0.3 is 19.1 Å². The van der Waals surface area contributed by atoms with Crippen molar-refractivity contribution in [2.75, 3.05) is 0 Å². The van der Waals surface area contributed by atoms with Gasteiger partial charge in [-0.05, 0) is 28.8 Å². The van der Waals surface area contributed by atoms with Crippen molar-refractivity contribution in [1.82, 2.24) is 14.5 Å². The van der Waals surface area contributed by atoms with E-state index in [4.69, 9.17) is 32.7 Å². The summed E-state index contributed by atoms with van der Waals surface area (Å²) in [5.74, 6) is -0.584. The smallest absolute Gasteiger partial charge is 0.261 e. The van der Waals surface area contributed by atoms with Crippen LogP contribution in [0.4, 0.5) is 0 Å². The number of aromatic nitrogens is 2. The van der Waals surface area contributed by atoms with Crippen molar-refractivity contribution in [1.29, 1.82) is 0 Å². The number of aliphatic hydroxyl groups excluding tert-OH is 1. The number of fused-ring (bicyclic) bond motifs is 1. The molecule has 2 amide bonds. The average molecular weight is 578 g/mol. The maximum absolute atomic E-state index is 12.8. The van der Waals surface area contributed by atoms with Crippen LogP contribution < -0.4 is 0 Å². The van der Waals surface area contributed by atoms with Crippen molar-refractivity contribution in [2.45, 2.75) is 44.6 Å². The lowest BCUT2D eigenvalue weighted by atomic mass is 10.00. The van der Waals surface area contributed by atoms with E-state index in [1.54, 1.807) is 35.2 Å². The highest BCUT2D eigenvalue weighted by Crippen LogP contribution is 2.39. The van der Waals surface area contributed by atoms with Gasteiger partial charge in [0.05, 0.1) is 49.4 Å². The van der Waals surface area contributed by atoms with E-state index < -0.39 is 6.29 Å². The SMILES string of the molecule is O=C1c2ccccc2C(=O)N1Cc1ccc([C@H]2O[C@@H](Cn3cnc(Cl)c3Cl)C[C@@H](c3ccc(CO)cc3)O2)cc1. The van der Waals surface area contributed by atoms with Gasteiger partial charge in [0.2, 0.25) is 0 Å². The van der Waals surface area contributed by atoms with Crippen LogP contribution in [0.1, 0.15) is 61.8 Å². The molecule has 3 heterocycles. The predicted octanol–water partition coefficient (Wildman–Crippen LogP) is 5.72. The molecule has 40 heavy (non-hydrogen) atoms. The second-order valence-corrected chi connectivity index (χ2v) is 10.5. The lowest BCUT2D eigenvalue weighted by Gasteiger charge is -2.36. The van der Waals surface area contributed by atoms with Gasteiger partial charge in [-0.2, -0.15) is 0 Å².